The first-order chi connectivity index (χ1) is 18.7. The summed E-state index contributed by atoms with van der Waals surface area (Å²) >= 11 is 0. The van der Waals surface area contributed by atoms with Crippen LogP contribution in [-0.4, -0.2) is 47.7 Å². The van der Waals surface area contributed by atoms with Crippen LogP contribution in [0.2, 0.25) is 0 Å². The highest BCUT2D eigenvalue weighted by Crippen LogP contribution is 2.43. The Morgan fingerprint density at radius 3 is 2.31 bits per heavy atom. The minimum Gasteiger partial charge on any atom is -0.475 e. The average molecular weight is 543 g/mol. The van der Waals surface area contributed by atoms with Crippen LogP contribution in [0.5, 0.6) is 0 Å². The second kappa shape index (κ2) is 10.8. The minimum atomic E-state index is -5.08. The van der Waals surface area contributed by atoms with Crippen LogP contribution in [-0.2, 0) is 4.79 Å². The number of rotatable bonds is 6. The summed E-state index contributed by atoms with van der Waals surface area (Å²) in [5.41, 5.74) is 3.84. The second-order valence-corrected chi connectivity index (χ2v) is 9.34. The average Bonchev–Trinajstić information content (AvgIpc) is 3.58. The summed E-state index contributed by atoms with van der Waals surface area (Å²) in [5, 5.41) is 19.8. The molecular formula is C26H25F3N6O4. The molecule has 2 N–H and O–H groups in total. The number of halogens is 3. The smallest absolute Gasteiger partial charge is 0.475 e. The van der Waals surface area contributed by atoms with Crippen molar-refractivity contribution in [1.29, 1.82) is 0 Å². The van der Waals surface area contributed by atoms with E-state index >= 15 is 0 Å². The number of carboxylic acids is 1. The van der Waals surface area contributed by atoms with E-state index in [1.54, 1.807) is 18.3 Å². The maximum absolute atomic E-state index is 13.0. The molecule has 0 bridgehead atoms. The van der Waals surface area contributed by atoms with E-state index in [-0.39, 0.29) is 11.7 Å². The number of pyridine rings is 1. The molecule has 0 spiro atoms. The van der Waals surface area contributed by atoms with Crippen LogP contribution in [0.3, 0.4) is 0 Å². The van der Waals surface area contributed by atoms with E-state index < -0.39 is 12.1 Å². The number of carbonyl (C=O) groups is 2. The summed E-state index contributed by atoms with van der Waals surface area (Å²) in [6.45, 7) is 0. The molecular weight excluding hydrogens is 517 g/mol. The number of aliphatic carboxylic acids is 1. The Labute approximate surface area is 220 Å². The summed E-state index contributed by atoms with van der Waals surface area (Å²) < 4.78 is 41.2. The lowest BCUT2D eigenvalue weighted by atomic mass is 9.92. The predicted octanol–water partition coefficient (Wildman–Crippen LogP) is 5.74. The Balaban J connectivity index is 0.000000392. The Morgan fingerprint density at radius 2 is 1.77 bits per heavy atom. The van der Waals surface area contributed by atoms with Gasteiger partial charge in [-0.2, -0.15) is 23.4 Å². The van der Waals surface area contributed by atoms with Gasteiger partial charge >= 0.3 is 12.1 Å². The molecule has 39 heavy (non-hydrogen) atoms. The van der Waals surface area contributed by atoms with Gasteiger partial charge in [0.15, 0.2) is 5.76 Å². The van der Waals surface area contributed by atoms with Crippen LogP contribution in [0.1, 0.15) is 61.2 Å². The zero-order valence-electron chi connectivity index (χ0n) is 20.6. The van der Waals surface area contributed by atoms with Gasteiger partial charge in [-0.1, -0.05) is 6.07 Å². The first-order valence-electron chi connectivity index (χ1n) is 12.5. The van der Waals surface area contributed by atoms with Crippen molar-refractivity contribution < 1.29 is 32.3 Å². The van der Waals surface area contributed by atoms with Gasteiger partial charge in [0.25, 0.3) is 5.91 Å². The third-order valence-corrected chi connectivity index (χ3v) is 6.79. The maximum atomic E-state index is 13.0. The van der Waals surface area contributed by atoms with Gasteiger partial charge in [-0.15, -0.1) is 0 Å². The summed E-state index contributed by atoms with van der Waals surface area (Å²) in [5.74, 6) is -2.81. The Kier molecular flexibility index (Phi) is 7.22. The summed E-state index contributed by atoms with van der Waals surface area (Å²) in [6.07, 6.45) is 8.99. The predicted molar refractivity (Wildman–Crippen MR) is 133 cm³/mol. The summed E-state index contributed by atoms with van der Waals surface area (Å²) in [6, 6.07) is 9.83. The normalized spacial score (nSPS) is 15.6. The van der Waals surface area contributed by atoms with Crippen LogP contribution in [0, 0.1) is 0 Å². The standard InChI is InChI=1S/C24H24N6O2.C2HF3O2/c31-24(20-11-5-13-32-20)27-22-21(19-10-1-2-12-25-19)28-30(18-8-4-9-18)23(22)16-14-26-29(15-16)17-6-3-7-17;3-2(4,5)1(6)7/h1-2,5,10-15,17-18H,3-4,6-9H2,(H,27,31);(H,6,7). The van der Waals surface area contributed by atoms with Gasteiger partial charge in [-0.05, 0) is 62.8 Å². The van der Waals surface area contributed by atoms with Gasteiger partial charge in [0, 0.05) is 18.0 Å². The molecule has 0 saturated heterocycles. The van der Waals surface area contributed by atoms with Gasteiger partial charge in [0.1, 0.15) is 5.69 Å². The van der Waals surface area contributed by atoms with Gasteiger partial charge < -0.3 is 14.8 Å². The molecule has 2 aliphatic carbocycles. The number of nitrogens with zero attached hydrogens (tertiary/aromatic N) is 5. The van der Waals surface area contributed by atoms with E-state index in [9.17, 15) is 18.0 Å². The van der Waals surface area contributed by atoms with Crippen molar-refractivity contribution in [2.75, 3.05) is 5.32 Å². The van der Waals surface area contributed by atoms with Crippen molar-refractivity contribution in [2.24, 2.45) is 0 Å². The van der Waals surface area contributed by atoms with Gasteiger partial charge in [-0.3, -0.25) is 19.1 Å². The highest BCUT2D eigenvalue weighted by molar-refractivity contribution is 6.06. The van der Waals surface area contributed by atoms with E-state index in [1.165, 1.54) is 19.1 Å². The van der Waals surface area contributed by atoms with Crippen LogP contribution in [0.25, 0.3) is 22.6 Å². The third-order valence-electron chi connectivity index (χ3n) is 6.79. The molecule has 4 aromatic rings. The number of hydrogen-bond acceptors (Lipinski definition) is 6. The molecule has 0 atom stereocenters. The maximum Gasteiger partial charge on any atom is 0.490 e. The Morgan fingerprint density at radius 1 is 1.05 bits per heavy atom. The molecule has 4 aromatic heterocycles. The van der Waals surface area contributed by atoms with Crippen molar-refractivity contribution >= 4 is 17.6 Å². The fourth-order valence-corrected chi connectivity index (χ4v) is 4.30. The van der Waals surface area contributed by atoms with Crippen LogP contribution in [0.4, 0.5) is 18.9 Å². The molecule has 2 fully saturated rings. The van der Waals surface area contributed by atoms with E-state index in [2.05, 4.69) is 31.0 Å². The van der Waals surface area contributed by atoms with Gasteiger partial charge in [0.05, 0.1) is 41.6 Å². The SMILES string of the molecule is O=C(Nc1c(-c2ccccn2)nn(C2CCC2)c1-c1cnn(C2CCC2)c1)c1ccco1.O=C(O)C(F)(F)F. The number of hydrogen-bond donors (Lipinski definition) is 2. The number of aromatic nitrogens is 5. The monoisotopic (exact) mass is 542 g/mol. The van der Waals surface area contributed by atoms with Crippen LogP contribution in [0.15, 0.2) is 59.6 Å². The molecule has 0 aromatic carbocycles. The van der Waals surface area contributed by atoms with E-state index in [1.807, 2.05) is 24.4 Å². The van der Waals surface area contributed by atoms with E-state index in [0.717, 1.165) is 36.9 Å². The van der Waals surface area contributed by atoms with Crippen molar-refractivity contribution in [3.05, 3.63) is 60.9 Å². The molecule has 6 rings (SSSR count). The Hall–Kier alpha value is -4.42. The fourth-order valence-electron chi connectivity index (χ4n) is 4.30. The summed E-state index contributed by atoms with van der Waals surface area (Å²) in [4.78, 5) is 26.4. The molecule has 0 aliphatic heterocycles. The van der Waals surface area contributed by atoms with Crippen molar-refractivity contribution in [2.45, 2.75) is 56.8 Å². The first-order valence-corrected chi connectivity index (χ1v) is 12.5. The number of carboxylic acid groups (broad SMARTS) is 1. The number of amides is 1. The largest absolute Gasteiger partial charge is 0.490 e. The quantitative estimate of drug-likeness (QED) is 0.318. The number of alkyl halides is 3. The van der Waals surface area contributed by atoms with Crippen molar-refractivity contribution in [3.63, 3.8) is 0 Å². The molecule has 10 nitrogen and oxygen atoms in total. The molecule has 2 aliphatic rings. The zero-order valence-corrected chi connectivity index (χ0v) is 20.6. The molecule has 204 valence electrons. The van der Waals surface area contributed by atoms with E-state index in [4.69, 9.17) is 19.4 Å². The zero-order chi connectivity index (χ0) is 27.6. The molecule has 2 saturated carbocycles. The van der Waals surface area contributed by atoms with Gasteiger partial charge in [-0.25, -0.2) is 4.79 Å². The van der Waals surface area contributed by atoms with Crippen molar-refractivity contribution in [3.8, 4) is 22.6 Å². The second-order valence-electron chi connectivity index (χ2n) is 9.34. The third kappa shape index (κ3) is 5.56. The number of nitrogens with one attached hydrogen (secondary N) is 1. The van der Waals surface area contributed by atoms with Gasteiger partial charge in [0.2, 0.25) is 0 Å². The summed E-state index contributed by atoms with van der Waals surface area (Å²) in [7, 11) is 0. The minimum absolute atomic E-state index is 0.254. The number of furan rings is 1. The van der Waals surface area contributed by atoms with E-state index in [0.29, 0.717) is 29.2 Å². The highest BCUT2D eigenvalue weighted by atomic mass is 19.4. The lowest BCUT2D eigenvalue weighted by Crippen LogP contribution is -2.21. The Bertz CT molecular complexity index is 1440. The first kappa shape index (κ1) is 26.2. The molecule has 1 amide bonds. The van der Waals surface area contributed by atoms with Crippen LogP contribution >= 0.6 is 0 Å². The fraction of sp³-hybridized carbons (Fsp3) is 0.346. The molecule has 13 heteroatoms. The molecule has 0 unspecified atom stereocenters. The van der Waals surface area contributed by atoms with Crippen LogP contribution < -0.4 is 5.32 Å². The number of carbonyl (C=O) groups excluding carboxylic acids is 1. The molecule has 0 radical (unpaired) electrons. The lowest BCUT2D eigenvalue weighted by molar-refractivity contribution is -0.192. The molecule has 4 heterocycles. The van der Waals surface area contributed by atoms with Crippen molar-refractivity contribution in [1.82, 2.24) is 24.5 Å². The topological polar surface area (TPSA) is 128 Å². The number of anilines is 1. The highest BCUT2D eigenvalue weighted by Gasteiger charge is 2.38. The lowest BCUT2D eigenvalue weighted by Gasteiger charge is -2.27.